The van der Waals surface area contributed by atoms with Crippen molar-refractivity contribution in [1.82, 2.24) is 10.2 Å². The molecule has 0 spiro atoms. The van der Waals surface area contributed by atoms with E-state index in [9.17, 15) is 9.00 Å². The fourth-order valence-corrected chi connectivity index (χ4v) is 3.64. The summed E-state index contributed by atoms with van der Waals surface area (Å²) in [7, 11) is -0.709. The van der Waals surface area contributed by atoms with Crippen LogP contribution in [0.4, 0.5) is 0 Å². The standard InChI is InChI=1S/C11H20N2O2S/c1-2-11(4-3-5-12-11)10(14)13-6-8-16(15)9-7-13/h12H,2-9H2,1H3. The predicted octanol–water partition coefficient (Wildman–Crippen LogP) is 0.110. The van der Waals surface area contributed by atoms with Gasteiger partial charge >= 0.3 is 0 Å². The van der Waals surface area contributed by atoms with Crippen LogP contribution < -0.4 is 5.32 Å². The number of carbonyl (C=O) groups excluding carboxylic acids is 1. The summed E-state index contributed by atoms with van der Waals surface area (Å²) in [4.78, 5) is 14.3. The molecule has 2 heterocycles. The molecular formula is C11H20N2O2S. The van der Waals surface area contributed by atoms with E-state index in [0.717, 1.165) is 25.8 Å². The first kappa shape index (κ1) is 12.0. The van der Waals surface area contributed by atoms with E-state index < -0.39 is 10.8 Å². The van der Waals surface area contributed by atoms with E-state index in [4.69, 9.17) is 0 Å². The van der Waals surface area contributed by atoms with Crippen LogP contribution in [0.15, 0.2) is 0 Å². The van der Waals surface area contributed by atoms with Gasteiger partial charge in [0.05, 0.1) is 5.54 Å². The Kier molecular flexibility index (Phi) is 3.64. The van der Waals surface area contributed by atoms with Gasteiger partial charge in [0.2, 0.25) is 5.91 Å². The second-order valence-corrected chi connectivity index (χ2v) is 6.30. The van der Waals surface area contributed by atoms with Crippen LogP contribution in [0, 0.1) is 0 Å². The molecule has 0 aliphatic carbocycles. The molecule has 2 saturated heterocycles. The van der Waals surface area contributed by atoms with E-state index in [1.165, 1.54) is 0 Å². The van der Waals surface area contributed by atoms with Crippen molar-refractivity contribution in [1.29, 1.82) is 0 Å². The largest absolute Gasteiger partial charge is 0.339 e. The number of amides is 1. The van der Waals surface area contributed by atoms with E-state index in [1.807, 2.05) is 4.90 Å². The molecule has 0 aromatic rings. The molecule has 4 nitrogen and oxygen atoms in total. The molecular weight excluding hydrogens is 224 g/mol. The minimum absolute atomic E-state index is 0.226. The highest BCUT2D eigenvalue weighted by Crippen LogP contribution is 2.25. The summed E-state index contributed by atoms with van der Waals surface area (Å²) in [6, 6.07) is 0. The lowest BCUT2D eigenvalue weighted by molar-refractivity contribution is -0.137. The zero-order valence-electron chi connectivity index (χ0n) is 9.83. The third kappa shape index (κ3) is 2.15. The van der Waals surface area contributed by atoms with E-state index in [0.29, 0.717) is 24.6 Å². The second-order valence-electron chi connectivity index (χ2n) is 4.61. The van der Waals surface area contributed by atoms with Gasteiger partial charge in [-0.25, -0.2) is 0 Å². The van der Waals surface area contributed by atoms with Gasteiger partial charge in [-0.2, -0.15) is 0 Å². The number of hydrogen-bond donors (Lipinski definition) is 1. The highest BCUT2D eigenvalue weighted by atomic mass is 32.2. The van der Waals surface area contributed by atoms with Crippen LogP contribution in [0.5, 0.6) is 0 Å². The van der Waals surface area contributed by atoms with Crippen LogP contribution in [0.1, 0.15) is 26.2 Å². The van der Waals surface area contributed by atoms with Crippen molar-refractivity contribution in [2.45, 2.75) is 31.7 Å². The lowest BCUT2D eigenvalue weighted by Crippen LogP contribution is -2.57. The van der Waals surface area contributed by atoms with Gasteiger partial charge < -0.3 is 10.2 Å². The van der Waals surface area contributed by atoms with E-state index >= 15 is 0 Å². The van der Waals surface area contributed by atoms with E-state index in [-0.39, 0.29) is 11.4 Å². The smallest absolute Gasteiger partial charge is 0.242 e. The first-order valence-electron chi connectivity index (χ1n) is 6.07. The minimum atomic E-state index is -0.709. The van der Waals surface area contributed by atoms with Crippen molar-refractivity contribution in [3.8, 4) is 0 Å². The third-order valence-electron chi connectivity index (χ3n) is 3.72. The van der Waals surface area contributed by atoms with Gasteiger partial charge in [0.25, 0.3) is 0 Å². The Morgan fingerprint density at radius 2 is 2.12 bits per heavy atom. The zero-order valence-corrected chi connectivity index (χ0v) is 10.6. The van der Waals surface area contributed by atoms with Crippen molar-refractivity contribution < 1.29 is 9.00 Å². The Labute approximate surface area is 99.2 Å². The maximum Gasteiger partial charge on any atom is 0.242 e. The normalized spacial score (nSPS) is 31.9. The van der Waals surface area contributed by atoms with Gasteiger partial charge in [0.1, 0.15) is 0 Å². The molecule has 2 aliphatic heterocycles. The molecule has 0 aromatic carbocycles. The molecule has 0 radical (unpaired) electrons. The van der Waals surface area contributed by atoms with Gasteiger partial charge in [0, 0.05) is 35.4 Å². The van der Waals surface area contributed by atoms with Crippen LogP contribution >= 0.6 is 0 Å². The first-order valence-corrected chi connectivity index (χ1v) is 7.56. The molecule has 2 fully saturated rings. The van der Waals surface area contributed by atoms with Crippen LogP contribution in [-0.2, 0) is 15.6 Å². The van der Waals surface area contributed by atoms with Gasteiger partial charge in [-0.3, -0.25) is 9.00 Å². The molecule has 16 heavy (non-hydrogen) atoms. The van der Waals surface area contributed by atoms with E-state index in [2.05, 4.69) is 12.2 Å². The molecule has 2 aliphatic rings. The monoisotopic (exact) mass is 244 g/mol. The molecule has 1 N–H and O–H groups in total. The van der Waals surface area contributed by atoms with Crippen LogP contribution in [0.3, 0.4) is 0 Å². The summed E-state index contributed by atoms with van der Waals surface area (Å²) in [5, 5.41) is 3.36. The summed E-state index contributed by atoms with van der Waals surface area (Å²) >= 11 is 0. The van der Waals surface area contributed by atoms with Crippen molar-refractivity contribution in [2.24, 2.45) is 0 Å². The second kappa shape index (κ2) is 4.84. The van der Waals surface area contributed by atoms with Crippen molar-refractivity contribution in [2.75, 3.05) is 31.1 Å². The molecule has 2 rings (SSSR count). The maximum atomic E-state index is 12.4. The quantitative estimate of drug-likeness (QED) is 0.750. The average Bonchev–Trinajstić information content (AvgIpc) is 2.79. The Balaban J connectivity index is 2.03. The highest BCUT2D eigenvalue weighted by molar-refractivity contribution is 7.85. The lowest BCUT2D eigenvalue weighted by Gasteiger charge is -2.35. The van der Waals surface area contributed by atoms with Gasteiger partial charge in [-0.1, -0.05) is 6.92 Å². The Morgan fingerprint density at radius 1 is 1.44 bits per heavy atom. The minimum Gasteiger partial charge on any atom is -0.339 e. The molecule has 1 unspecified atom stereocenters. The van der Waals surface area contributed by atoms with Crippen LogP contribution in [-0.4, -0.2) is 51.7 Å². The number of rotatable bonds is 2. The number of carbonyl (C=O) groups is 1. The Bertz CT molecular complexity index is 290. The molecule has 92 valence electrons. The van der Waals surface area contributed by atoms with Crippen LogP contribution in [0.25, 0.3) is 0 Å². The van der Waals surface area contributed by atoms with Gasteiger partial charge in [-0.15, -0.1) is 0 Å². The summed E-state index contributed by atoms with van der Waals surface area (Å²) in [5.41, 5.74) is -0.321. The Hall–Kier alpha value is -0.420. The number of nitrogens with zero attached hydrogens (tertiary/aromatic N) is 1. The summed E-state index contributed by atoms with van der Waals surface area (Å²) in [6.07, 6.45) is 2.88. The van der Waals surface area contributed by atoms with E-state index in [1.54, 1.807) is 0 Å². The number of nitrogens with one attached hydrogen (secondary N) is 1. The summed E-state index contributed by atoms with van der Waals surface area (Å²) in [5.74, 6) is 1.51. The SMILES string of the molecule is CCC1(C(=O)N2CCS(=O)CC2)CCCN1. The van der Waals surface area contributed by atoms with Crippen molar-refractivity contribution in [3.05, 3.63) is 0 Å². The summed E-state index contributed by atoms with van der Waals surface area (Å²) < 4.78 is 11.3. The molecule has 1 atom stereocenters. The maximum absolute atomic E-state index is 12.4. The topological polar surface area (TPSA) is 49.4 Å². The molecule has 1 amide bonds. The third-order valence-corrected chi connectivity index (χ3v) is 5.00. The van der Waals surface area contributed by atoms with Gasteiger partial charge in [-0.05, 0) is 25.8 Å². The van der Waals surface area contributed by atoms with Crippen molar-refractivity contribution >= 4 is 16.7 Å². The molecule has 0 bridgehead atoms. The fourth-order valence-electron chi connectivity index (χ4n) is 2.59. The van der Waals surface area contributed by atoms with Crippen LogP contribution in [0.2, 0.25) is 0 Å². The Morgan fingerprint density at radius 3 is 2.62 bits per heavy atom. The molecule has 0 aromatic heterocycles. The average molecular weight is 244 g/mol. The summed E-state index contributed by atoms with van der Waals surface area (Å²) in [6.45, 7) is 4.33. The van der Waals surface area contributed by atoms with Gasteiger partial charge in [0.15, 0.2) is 0 Å². The zero-order chi connectivity index (χ0) is 11.6. The lowest BCUT2D eigenvalue weighted by atomic mass is 9.92. The van der Waals surface area contributed by atoms with Crippen molar-refractivity contribution in [3.63, 3.8) is 0 Å². The molecule has 0 saturated carbocycles. The fraction of sp³-hybridized carbons (Fsp3) is 0.909. The highest BCUT2D eigenvalue weighted by Gasteiger charge is 2.42. The first-order chi connectivity index (χ1) is 7.68. The number of hydrogen-bond acceptors (Lipinski definition) is 3. The predicted molar refractivity (Wildman–Crippen MR) is 64.7 cm³/mol. The molecule has 5 heteroatoms.